The number of halogens is 1. The first-order valence-electron chi connectivity index (χ1n) is 6.29. The van der Waals surface area contributed by atoms with Crippen molar-refractivity contribution < 1.29 is 0 Å². The largest absolute Gasteiger partial charge is 0.340 e. The lowest BCUT2D eigenvalue weighted by Crippen LogP contribution is -2.02. The zero-order valence-corrected chi connectivity index (χ0v) is 13.1. The third-order valence-electron chi connectivity index (χ3n) is 2.76. The normalized spacial score (nSPS) is 10.0. The van der Waals surface area contributed by atoms with Crippen molar-refractivity contribution in [3.63, 3.8) is 0 Å². The molecule has 0 saturated heterocycles. The second-order valence-corrected chi connectivity index (χ2v) is 5.51. The van der Waals surface area contributed by atoms with Gasteiger partial charge in [0.25, 0.3) is 0 Å². The van der Waals surface area contributed by atoms with Crippen LogP contribution in [0, 0.1) is 22.7 Å². The van der Waals surface area contributed by atoms with Gasteiger partial charge in [0, 0.05) is 17.7 Å². The molecule has 6 heteroatoms. The third kappa shape index (κ3) is 3.56. The molecule has 0 amide bonds. The fourth-order valence-electron chi connectivity index (χ4n) is 1.72. The van der Waals surface area contributed by atoms with E-state index in [1.807, 2.05) is 26.0 Å². The Balaban J connectivity index is 2.35. The number of hydrogen-bond donors (Lipinski definition) is 1. The van der Waals surface area contributed by atoms with Gasteiger partial charge in [0.1, 0.15) is 28.4 Å². The Bertz CT molecular complexity index is 756. The van der Waals surface area contributed by atoms with E-state index in [2.05, 4.69) is 31.2 Å². The molecular weight excluding hydrogens is 330 g/mol. The van der Waals surface area contributed by atoms with E-state index in [0.717, 1.165) is 5.82 Å². The molecule has 0 aliphatic heterocycles. The van der Waals surface area contributed by atoms with Gasteiger partial charge in [-0.1, -0.05) is 13.8 Å². The smallest absolute Gasteiger partial charge is 0.135 e. The van der Waals surface area contributed by atoms with Crippen LogP contribution < -0.4 is 5.32 Å². The van der Waals surface area contributed by atoms with E-state index < -0.39 is 0 Å². The summed E-state index contributed by atoms with van der Waals surface area (Å²) >= 11 is 3.36. The van der Waals surface area contributed by atoms with Crippen molar-refractivity contribution in [2.24, 2.45) is 0 Å². The summed E-state index contributed by atoms with van der Waals surface area (Å²) in [6.45, 7) is 4.03. The molecule has 1 heterocycles. The van der Waals surface area contributed by atoms with Crippen molar-refractivity contribution in [3.8, 4) is 12.1 Å². The molecule has 21 heavy (non-hydrogen) atoms. The van der Waals surface area contributed by atoms with Gasteiger partial charge in [-0.05, 0) is 34.1 Å². The Morgan fingerprint density at radius 3 is 2.43 bits per heavy atom. The summed E-state index contributed by atoms with van der Waals surface area (Å²) in [5.41, 5.74) is 1.39. The monoisotopic (exact) mass is 341 g/mol. The van der Waals surface area contributed by atoms with Gasteiger partial charge < -0.3 is 5.32 Å². The average Bonchev–Trinajstić information content (AvgIpc) is 2.46. The van der Waals surface area contributed by atoms with Crippen molar-refractivity contribution in [3.05, 3.63) is 45.8 Å². The number of hydrogen-bond acceptors (Lipinski definition) is 5. The number of rotatable bonds is 3. The predicted molar refractivity (Wildman–Crippen MR) is 83.0 cm³/mol. The highest BCUT2D eigenvalue weighted by molar-refractivity contribution is 9.10. The Morgan fingerprint density at radius 1 is 1.10 bits per heavy atom. The second kappa shape index (κ2) is 6.34. The van der Waals surface area contributed by atoms with Crippen molar-refractivity contribution in [1.29, 1.82) is 10.5 Å². The van der Waals surface area contributed by atoms with E-state index in [1.165, 1.54) is 0 Å². The maximum absolute atomic E-state index is 9.04. The molecule has 1 N–H and O–H groups in total. The van der Waals surface area contributed by atoms with Gasteiger partial charge in [-0.2, -0.15) is 10.5 Å². The van der Waals surface area contributed by atoms with Gasteiger partial charge >= 0.3 is 0 Å². The first-order valence-corrected chi connectivity index (χ1v) is 7.08. The summed E-state index contributed by atoms with van der Waals surface area (Å²) in [6.07, 6.45) is 0. The Labute approximate surface area is 131 Å². The minimum atomic E-state index is 0.207. The summed E-state index contributed by atoms with van der Waals surface area (Å²) in [5.74, 6) is 1.56. The molecule has 1 aromatic carbocycles. The summed E-state index contributed by atoms with van der Waals surface area (Å²) in [5, 5.41) is 21.1. The van der Waals surface area contributed by atoms with E-state index in [9.17, 15) is 0 Å². The van der Waals surface area contributed by atoms with Crippen LogP contribution in [-0.4, -0.2) is 9.97 Å². The Hall–Kier alpha value is -2.44. The number of nitrogens with one attached hydrogen (secondary N) is 1. The van der Waals surface area contributed by atoms with E-state index in [-0.39, 0.29) is 5.92 Å². The van der Waals surface area contributed by atoms with Crippen LogP contribution in [0.1, 0.15) is 36.7 Å². The molecule has 0 aliphatic carbocycles. The van der Waals surface area contributed by atoms with E-state index in [4.69, 9.17) is 10.5 Å². The van der Waals surface area contributed by atoms with Crippen molar-refractivity contribution in [1.82, 2.24) is 9.97 Å². The fraction of sp³-hybridized carbons (Fsp3) is 0.200. The van der Waals surface area contributed by atoms with Crippen LogP contribution >= 0.6 is 15.9 Å². The Kier molecular flexibility index (Phi) is 4.52. The maximum Gasteiger partial charge on any atom is 0.135 e. The quantitative estimate of drug-likeness (QED) is 0.857. The topological polar surface area (TPSA) is 85.4 Å². The lowest BCUT2D eigenvalue weighted by molar-refractivity contribution is 0.771. The molecule has 0 unspecified atom stereocenters. The number of aromatic nitrogens is 2. The second-order valence-electron chi connectivity index (χ2n) is 4.70. The molecular formula is C15H12BrN5. The molecule has 5 nitrogen and oxygen atoms in total. The van der Waals surface area contributed by atoms with Crippen LogP contribution in [0.15, 0.2) is 28.9 Å². The summed E-state index contributed by atoms with van der Waals surface area (Å²) in [4.78, 5) is 8.73. The first-order chi connectivity index (χ1) is 10.0. The average molecular weight is 342 g/mol. The SMILES string of the molecule is CC(C)c1nc(Br)cc(Nc2ccc(C#N)c(C#N)c2)n1. The zero-order valence-electron chi connectivity index (χ0n) is 11.6. The maximum atomic E-state index is 9.04. The van der Waals surface area contributed by atoms with Gasteiger partial charge in [-0.3, -0.25) is 0 Å². The fourth-order valence-corrected chi connectivity index (χ4v) is 2.12. The molecule has 1 aromatic heterocycles. The summed E-state index contributed by atoms with van der Waals surface area (Å²) in [7, 11) is 0. The molecule has 0 saturated carbocycles. The van der Waals surface area contributed by atoms with Gasteiger partial charge in [0.05, 0.1) is 11.1 Å². The molecule has 0 bridgehead atoms. The Morgan fingerprint density at radius 2 is 1.81 bits per heavy atom. The van der Waals surface area contributed by atoms with Gasteiger partial charge in [0.2, 0.25) is 0 Å². The number of nitrogens with zero attached hydrogens (tertiary/aromatic N) is 4. The number of nitriles is 2. The molecule has 104 valence electrons. The minimum Gasteiger partial charge on any atom is -0.340 e. The number of anilines is 2. The van der Waals surface area contributed by atoms with E-state index in [1.54, 1.807) is 24.3 Å². The van der Waals surface area contributed by atoms with Crippen LogP contribution in [-0.2, 0) is 0 Å². The third-order valence-corrected chi connectivity index (χ3v) is 3.17. The van der Waals surface area contributed by atoms with Crippen LogP contribution in [0.25, 0.3) is 0 Å². The molecule has 0 fully saturated rings. The highest BCUT2D eigenvalue weighted by atomic mass is 79.9. The van der Waals surface area contributed by atoms with Gasteiger partial charge in [-0.25, -0.2) is 9.97 Å². The van der Waals surface area contributed by atoms with Crippen LogP contribution in [0.2, 0.25) is 0 Å². The lowest BCUT2D eigenvalue weighted by Gasteiger charge is -2.10. The molecule has 0 aliphatic rings. The molecule has 0 spiro atoms. The highest BCUT2D eigenvalue weighted by Gasteiger charge is 2.08. The molecule has 2 rings (SSSR count). The molecule has 0 atom stereocenters. The first kappa shape index (κ1) is 15.0. The van der Waals surface area contributed by atoms with Crippen LogP contribution in [0.5, 0.6) is 0 Å². The number of benzene rings is 1. The summed E-state index contributed by atoms with van der Waals surface area (Å²) in [6, 6.07) is 10.7. The zero-order chi connectivity index (χ0) is 15.4. The molecule has 2 aromatic rings. The van der Waals surface area contributed by atoms with Crippen molar-refractivity contribution in [2.75, 3.05) is 5.32 Å². The van der Waals surface area contributed by atoms with Crippen molar-refractivity contribution in [2.45, 2.75) is 19.8 Å². The van der Waals surface area contributed by atoms with Gasteiger partial charge in [0.15, 0.2) is 0 Å². The van der Waals surface area contributed by atoms with Crippen molar-refractivity contribution >= 4 is 27.4 Å². The summed E-state index contributed by atoms with van der Waals surface area (Å²) < 4.78 is 0.692. The lowest BCUT2D eigenvalue weighted by atomic mass is 10.1. The predicted octanol–water partition coefficient (Wildman–Crippen LogP) is 3.85. The van der Waals surface area contributed by atoms with Gasteiger partial charge in [-0.15, -0.1) is 0 Å². The van der Waals surface area contributed by atoms with E-state index >= 15 is 0 Å². The van der Waals surface area contributed by atoms with Crippen LogP contribution in [0.3, 0.4) is 0 Å². The minimum absolute atomic E-state index is 0.207. The molecule has 0 radical (unpaired) electrons. The highest BCUT2D eigenvalue weighted by Crippen LogP contribution is 2.22. The standard InChI is InChI=1S/C15H12BrN5/c1-9(2)15-20-13(16)6-14(21-15)19-12-4-3-10(7-17)11(5-12)8-18/h3-6,9H,1-2H3,(H,19,20,21). The van der Waals surface area contributed by atoms with Crippen LogP contribution in [0.4, 0.5) is 11.5 Å². The van der Waals surface area contributed by atoms with E-state index in [0.29, 0.717) is 27.2 Å².